The molecule has 5 heteroatoms. The molecule has 6 aromatic carbocycles. The third-order valence-corrected chi connectivity index (χ3v) is 10.6. The second-order valence-corrected chi connectivity index (χ2v) is 13.5. The van der Waals surface area contributed by atoms with E-state index in [0.29, 0.717) is 5.82 Å². The van der Waals surface area contributed by atoms with Crippen LogP contribution in [-0.2, 0) is 0 Å². The average molecular weight is 658 g/mol. The van der Waals surface area contributed by atoms with Crippen LogP contribution < -0.4 is 0 Å². The molecule has 0 spiro atoms. The van der Waals surface area contributed by atoms with Gasteiger partial charge in [-0.05, 0) is 65.2 Å². The Hall–Kier alpha value is -6.43. The molecule has 4 aromatic heterocycles. The van der Waals surface area contributed by atoms with Crippen molar-refractivity contribution in [3.05, 3.63) is 164 Å². The fourth-order valence-electron chi connectivity index (χ4n) is 7.00. The quantitative estimate of drug-likeness (QED) is 0.185. The van der Waals surface area contributed by atoms with Gasteiger partial charge in [0.25, 0.3) is 0 Å². The zero-order valence-corrected chi connectivity index (χ0v) is 27.6. The Kier molecular flexibility index (Phi) is 6.64. The number of para-hydroxylation sites is 1. The van der Waals surface area contributed by atoms with Crippen molar-refractivity contribution >= 4 is 53.4 Å². The lowest BCUT2D eigenvalue weighted by atomic mass is 9.95. The molecule has 0 radical (unpaired) electrons. The molecule has 10 rings (SSSR count). The second kappa shape index (κ2) is 11.6. The van der Waals surface area contributed by atoms with E-state index in [1.807, 2.05) is 53.9 Å². The summed E-state index contributed by atoms with van der Waals surface area (Å²) >= 11 is 1.83. The highest BCUT2D eigenvalue weighted by atomic mass is 32.1. The van der Waals surface area contributed by atoms with Gasteiger partial charge in [-0.15, -0.1) is 11.3 Å². The van der Waals surface area contributed by atoms with Crippen LogP contribution in [0, 0.1) is 0 Å². The van der Waals surface area contributed by atoms with E-state index in [1.54, 1.807) is 6.20 Å². The largest absolute Gasteiger partial charge is 0.455 e. The molecule has 4 nitrogen and oxygen atoms in total. The van der Waals surface area contributed by atoms with Crippen molar-refractivity contribution in [1.29, 1.82) is 0 Å². The molecule has 10 aromatic rings. The second-order valence-electron chi connectivity index (χ2n) is 12.4. The van der Waals surface area contributed by atoms with Gasteiger partial charge in [-0.1, -0.05) is 103 Å². The average Bonchev–Trinajstić information content (AvgIpc) is 3.77. The van der Waals surface area contributed by atoms with Crippen LogP contribution in [-0.4, -0.2) is 15.0 Å². The Morgan fingerprint density at radius 2 is 1.18 bits per heavy atom. The van der Waals surface area contributed by atoms with Crippen LogP contribution in [0.3, 0.4) is 0 Å². The Labute approximate surface area is 292 Å². The lowest BCUT2D eigenvalue weighted by molar-refractivity contribution is 0.669. The predicted molar refractivity (Wildman–Crippen MR) is 207 cm³/mol. The monoisotopic (exact) mass is 657 g/mol. The molecule has 0 fully saturated rings. The number of rotatable bonds is 5. The van der Waals surface area contributed by atoms with Gasteiger partial charge < -0.3 is 4.42 Å². The van der Waals surface area contributed by atoms with Gasteiger partial charge >= 0.3 is 0 Å². The molecule has 50 heavy (non-hydrogen) atoms. The van der Waals surface area contributed by atoms with Gasteiger partial charge in [0.1, 0.15) is 11.2 Å². The minimum atomic E-state index is 0.614. The summed E-state index contributed by atoms with van der Waals surface area (Å²) in [5.41, 5.74) is 10.6. The van der Waals surface area contributed by atoms with Crippen molar-refractivity contribution in [3.63, 3.8) is 0 Å². The van der Waals surface area contributed by atoms with Gasteiger partial charge in [-0.25, -0.2) is 9.97 Å². The minimum absolute atomic E-state index is 0.614. The van der Waals surface area contributed by atoms with E-state index in [4.69, 9.17) is 14.4 Å². The van der Waals surface area contributed by atoms with Crippen LogP contribution in [0.4, 0.5) is 0 Å². The van der Waals surface area contributed by atoms with Gasteiger partial charge in [0.15, 0.2) is 5.82 Å². The van der Waals surface area contributed by atoms with E-state index in [1.165, 1.54) is 20.2 Å². The van der Waals surface area contributed by atoms with Crippen molar-refractivity contribution in [3.8, 4) is 56.2 Å². The number of fused-ring (bicyclic) bond motifs is 6. The highest BCUT2D eigenvalue weighted by molar-refractivity contribution is 7.25. The molecule has 0 aliphatic rings. The standard InChI is InChI=1S/C45H27N3OS/c1-2-10-28(11-3-1)38-26-39(31-13-8-12-29(24-31)32-14-9-23-46-27-32)48-45(47-38)36-21-20-33(43-35-16-4-6-17-40(35)49-44(36)43)30-19-22-42-37(25-30)34-15-5-7-18-41(34)50-42/h1-27H. The van der Waals surface area contributed by atoms with Crippen LogP contribution in [0.2, 0.25) is 0 Å². The number of hydrogen-bond acceptors (Lipinski definition) is 5. The topological polar surface area (TPSA) is 51.8 Å². The third-order valence-electron chi connectivity index (χ3n) is 9.40. The van der Waals surface area contributed by atoms with Crippen LogP contribution in [0.5, 0.6) is 0 Å². The normalized spacial score (nSPS) is 11.6. The number of furan rings is 1. The van der Waals surface area contributed by atoms with Crippen LogP contribution in [0.25, 0.3) is 98.3 Å². The van der Waals surface area contributed by atoms with Gasteiger partial charge in [0.2, 0.25) is 0 Å². The Morgan fingerprint density at radius 1 is 0.460 bits per heavy atom. The first-order valence-corrected chi connectivity index (χ1v) is 17.4. The molecule has 0 aliphatic carbocycles. The summed E-state index contributed by atoms with van der Waals surface area (Å²) in [6.07, 6.45) is 3.68. The van der Waals surface area contributed by atoms with E-state index < -0.39 is 0 Å². The van der Waals surface area contributed by atoms with Crippen molar-refractivity contribution in [1.82, 2.24) is 15.0 Å². The summed E-state index contributed by atoms with van der Waals surface area (Å²) in [6, 6.07) is 52.9. The van der Waals surface area contributed by atoms with E-state index in [0.717, 1.165) is 72.3 Å². The lowest BCUT2D eigenvalue weighted by Gasteiger charge is -2.12. The Bertz CT molecular complexity index is 2870. The highest BCUT2D eigenvalue weighted by Gasteiger charge is 2.21. The smallest absolute Gasteiger partial charge is 0.164 e. The zero-order chi connectivity index (χ0) is 33.0. The lowest BCUT2D eigenvalue weighted by Crippen LogP contribution is -1.97. The van der Waals surface area contributed by atoms with E-state index >= 15 is 0 Å². The molecule has 0 unspecified atom stereocenters. The maximum atomic E-state index is 6.73. The molecule has 0 N–H and O–H groups in total. The van der Waals surface area contributed by atoms with Gasteiger partial charge in [-0.2, -0.15) is 0 Å². The zero-order valence-electron chi connectivity index (χ0n) is 26.7. The number of pyridine rings is 1. The summed E-state index contributed by atoms with van der Waals surface area (Å²) in [6.45, 7) is 0. The first kappa shape index (κ1) is 28.6. The van der Waals surface area contributed by atoms with E-state index in [-0.39, 0.29) is 0 Å². The summed E-state index contributed by atoms with van der Waals surface area (Å²) in [7, 11) is 0. The Balaban J connectivity index is 1.20. The molecule has 0 amide bonds. The third kappa shape index (κ3) is 4.79. The molecule has 4 heterocycles. The van der Waals surface area contributed by atoms with Crippen molar-refractivity contribution in [2.75, 3.05) is 0 Å². The van der Waals surface area contributed by atoms with Crippen LogP contribution in [0.1, 0.15) is 0 Å². The summed E-state index contributed by atoms with van der Waals surface area (Å²) in [5.74, 6) is 0.614. The maximum Gasteiger partial charge on any atom is 0.164 e. The number of hydrogen-bond donors (Lipinski definition) is 0. The summed E-state index contributed by atoms with van der Waals surface area (Å²) < 4.78 is 9.31. The van der Waals surface area contributed by atoms with Crippen LogP contribution in [0.15, 0.2) is 168 Å². The fourth-order valence-corrected chi connectivity index (χ4v) is 8.09. The molecule has 0 bridgehead atoms. The van der Waals surface area contributed by atoms with Gasteiger partial charge in [0, 0.05) is 60.0 Å². The molecule has 0 saturated heterocycles. The predicted octanol–water partition coefficient (Wildman–Crippen LogP) is 12.5. The molecular weight excluding hydrogens is 631 g/mol. The molecular formula is C45H27N3OS. The minimum Gasteiger partial charge on any atom is -0.455 e. The first-order valence-electron chi connectivity index (χ1n) is 16.6. The van der Waals surface area contributed by atoms with E-state index in [2.05, 4.69) is 120 Å². The molecule has 0 aliphatic heterocycles. The number of aromatic nitrogens is 3. The molecule has 234 valence electrons. The number of nitrogens with zero attached hydrogens (tertiary/aromatic N) is 3. The Morgan fingerprint density at radius 3 is 2.06 bits per heavy atom. The van der Waals surface area contributed by atoms with E-state index in [9.17, 15) is 0 Å². The van der Waals surface area contributed by atoms with Crippen molar-refractivity contribution < 1.29 is 4.42 Å². The fraction of sp³-hybridized carbons (Fsp3) is 0. The molecule has 0 atom stereocenters. The van der Waals surface area contributed by atoms with Crippen LogP contribution >= 0.6 is 11.3 Å². The van der Waals surface area contributed by atoms with Gasteiger partial charge in [-0.3, -0.25) is 4.98 Å². The highest BCUT2D eigenvalue weighted by Crippen LogP contribution is 2.44. The molecule has 0 saturated carbocycles. The summed E-state index contributed by atoms with van der Waals surface area (Å²) in [4.78, 5) is 14.8. The SMILES string of the molecule is c1ccc(-c2cc(-c3cccc(-c4cccnc4)c3)nc(-c3ccc(-c4ccc5sc6ccccc6c5c4)c4c3oc3ccccc34)n2)cc1. The van der Waals surface area contributed by atoms with Crippen molar-refractivity contribution in [2.24, 2.45) is 0 Å². The summed E-state index contributed by atoms with van der Waals surface area (Å²) in [5, 5.41) is 4.68. The number of thiophene rings is 1. The van der Waals surface area contributed by atoms with Crippen molar-refractivity contribution in [2.45, 2.75) is 0 Å². The first-order chi connectivity index (χ1) is 24.8. The number of benzene rings is 6. The van der Waals surface area contributed by atoms with Gasteiger partial charge in [0.05, 0.1) is 17.0 Å². The maximum absolute atomic E-state index is 6.73.